The van der Waals surface area contributed by atoms with Gasteiger partial charge in [-0.3, -0.25) is 0 Å². The number of alkyl halides is 1. The third kappa shape index (κ3) is 3.47. The summed E-state index contributed by atoms with van der Waals surface area (Å²) in [5.74, 6) is 0.722. The minimum absolute atomic E-state index is 0.156. The van der Waals surface area contributed by atoms with Crippen LogP contribution in [-0.2, 0) is 0 Å². The van der Waals surface area contributed by atoms with E-state index in [1.165, 1.54) is 32.1 Å². The lowest BCUT2D eigenvalue weighted by atomic mass is 9.91. The third-order valence-corrected chi connectivity index (χ3v) is 3.82. The van der Waals surface area contributed by atoms with Gasteiger partial charge in [-0.25, -0.2) is 0 Å². The molecule has 1 nitrogen and oxygen atoms in total. The van der Waals surface area contributed by atoms with Gasteiger partial charge in [0.1, 0.15) is 0 Å². The molecule has 1 saturated carbocycles. The Balaban J connectivity index is 2.35. The van der Waals surface area contributed by atoms with Crippen LogP contribution in [0.4, 0.5) is 0 Å². The van der Waals surface area contributed by atoms with Crippen LogP contribution in [0, 0.1) is 0 Å². The summed E-state index contributed by atoms with van der Waals surface area (Å²) in [7, 11) is 0. The fourth-order valence-corrected chi connectivity index (χ4v) is 2.24. The van der Waals surface area contributed by atoms with Crippen LogP contribution in [0.5, 0.6) is 0 Å². The fraction of sp³-hybridized carbons (Fsp3) is 1.00. The molecule has 0 aromatic rings. The largest absolute Gasteiger partial charge is 0.308 e. The highest BCUT2D eigenvalue weighted by atomic mass is 35.5. The second-order valence-corrected chi connectivity index (χ2v) is 4.79. The van der Waals surface area contributed by atoms with Crippen molar-refractivity contribution in [2.24, 2.45) is 0 Å². The summed E-state index contributed by atoms with van der Waals surface area (Å²) in [4.78, 5) is 0. The van der Waals surface area contributed by atoms with Crippen molar-refractivity contribution >= 4 is 11.6 Å². The highest BCUT2D eigenvalue weighted by molar-refractivity contribution is 6.18. The van der Waals surface area contributed by atoms with Gasteiger partial charge in [0.25, 0.3) is 0 Å². The molecule has 0 aliphatic heterocycles. The SMILES string of the molecule is CCC(C)(CCl)NC1CCCCC1. The molecule has 0 aromatic heterocycles. The van der Waals surface area contributed by atoms with E-state index in [1.807, 2.05) is 0 Å². The van der Waals surface area contributed by atoms with E-state index in [9.17, 15) is 0 Å². The Labute approximate surface area is 87.2 Å². The van der Waals surface area contributed by atoms with Crippen molar-refractivity contribution in [3.8, 4) is 0 Å². The predicted molar refractivity (Wildman–Crippen MR) is 59.4 cm³/mol. The molecule has 0 saturated heterocycles. The van der Waals surface area contributed by atoms with Crippen LogP contribution in [0.1, 0.15) is 52.4 Å². The Hall–Kier alpha value is 0.250. The highest BCUT2D eigenvalue weighted by Gasteiger charge is 2.25. The molecular weight excluding hydrogens is 182 g/mol. The number of hydrogen-bond donors (Lipinski definition) is 1. The molecule has 0 bridgehead atoms. The number of halogens is 1. The van der Waals surface area contributed by atoms with Crippen molar-refractivity contribution in [2.45, 2.75) is 64.0 Å². The molecule has 13 heavy (non-hydrogen) atoms. The van der Waals surface area contributed by atoms with Crippen molar-refractivity contribution in [2.75, 3.05) is 5.88 Å². The molecule has 1 atom stereocenters. The lowest BCUT2D eigenvalue weighted by molar-refractivity contribution is 0.276. The lowest BCUT2D eigenvalue weighted by Gasteiger charge is -2.34. The van der Waals surface area contributed by atoms with Crippen LogP contribution in [0.2, 0.25) is 0 Å². The maximum Gasteiger partial charge on any atom is 0.0403 e. The van der Waals surface area contributed by atoms with E-state index in [4.69, 9.17) is 11.6 Å². The first-order valence-corrected chi connectivity index (χ1v) is 6.07. The minimum atomic E-state index is 0.156. The van der Waals surface area contributed by atoms with Crippen molar-refractivity contribution in [1.82, 2.24) is 5.32 Å². The first kappa shape index (κ1) is 11.3. The minimum Gasteiger partial charge on any atom is -0.308 e. The smallest absolute Gasteiger partial charge is 0.0403 e. The Bertz CT molecular complexity index is 137. The van der Waals surface area contributed by atoms with E-state index >= 15 is 0 Å². The zero-order chi connectivity index (χ0) is 9.73. The van der Waals surface area contributed by atoms with Gasteiger partial charge in [-0.1, -0.05) is 26.2 Å². The van der Waals surface area contributed by atoms with Crippen LogP contribution < -0.4 is 5.32 Å². The summed E-state index contributed by atoms with van der Waals surface area (Å²) in [6, 6.07) is 0.720. The predicted octanol–water partition coefficient (Wildman–Crippen LogP) is 3.32. The standard InChI is InChI=1S/C11H22ClN/c1-3-11(2,9-12)13-10-7-5-4-6-8-10/h10,13H,3-9H2,1-2H3. The van der Waals surface area contributed by atoms with Gasteiger partial charge < -0.3 is 5.32 Å². The molecule has 0 spiro atoms. The summed E-state index contributed by atoms with van der Waals surface area (Å²) in [6.45, 7) is 4.44. The van der Waals surface area contributed by atoms with Crippen molar-refractivity contribution < 1.29 is 0 Å². The Morgan fingerprint density at radius 3 is 2.38 bits per heavy atom. The topological polar surface area (TPSA) is 12.0 Å². The monoisotopic (exact) mass is 203 g/mol. The van der Waals surface area contributed by atoms with Gasteiger partial charge in [0, 0.05) is 17.5 Å². The van der Waals surface area contributed by atoms with Crippen LogP contribution >= 0.6 is 11.6 Å². The molecule has 1 fully saturated rings. The summed E-state index contributed by atoms with van der Waals surface area (Å²) in [6.07, 6.45) is 7.99. The van der Waals surface area contributed by atoms with Gasteiger partial charge in [0.15, 0.2) is 0 Å². The summed E-state index contributed by atoms with van der Waals surface area (Å²) >= 11 is 5.97. The van der Waals surface area contributed by atoms with E-state index in [-0.39, 0.29) is 5.54 Å². The molecule has 0 aromatic carbocycles. The normalized spacial score (nSPS) is 24.2. The van der Waals surface area contributed by atoms with Crippen molar-refractivity contribution in [3.63, 3.8) is 0 Å². The van der Waals surface area contributed by atoms with Gasteiger partial charge in [0.05, 0.1) is 0 Å². The number of nitrogens with one attached hydrogen (secondary N) is 1. The molecule has 0 amide bonds. The Morgan fingerprint density at radius 1 is 1.31 bits per heavy atom. The maximum absolute atomic E-state index is 5.97. The summed E-state index contributed by atoms with van der Waals surface area (Å²) in [5, 5.41) is 3.70. The van der Waals surface area contributed by atoms with Gasteiger partial charge in [0.2, 0.25) is 0 Å². The second-order valence-electron chi connectivity index (χ2n) is 4.53. The van der Waals surface area contributed by atoms with Crippen LogP contribution in [0.15, 0.2) is 0 Å². The fourth-order valence-electron chi connectivity index (χ4n) is 1.97. The van der Waals surface area contributed by atoms with Crippen LogP contribution in [0.25, 0.3) is 0 Å². The molecule has 78 valence electrons. The molecule has 1 rings (SSSR count). The zero-order valence-electron chi connectivity index (χ0n) is 8.91. The molecule has 0 radical (unpaired) electrons. The van der Waals surface area contributed by atoms with E-state index in [2.05, 4.69) is 19.2 Å². The lowest BCUT2D eigenvalue weighted by Crippen LogP contribution is -2.49. The molecule has 0 heterocycles. The third-order valence-electron chi connectivity index (χ3n) is 3.23. The first-order chi connectivity index (χ1) is 6.20. The van der Waals surface area contributed by atoms with Crippen LogP contribution in [-0.4, -0.2) is 17.5 Å². The maximum atomic E-state index is 5.97. The van der Waals surface area contributed by atoms with Crippen molar-refractivity contribution in [3.05, 3.63) is 0 Å². The quantitative estimate of drug-likeness (QED) is 0.692. The Morgan fingerprint density at radius 2 is 1.92 bits per heavy atom. The summed E-state index contributed by atoms with van der Waals surface area (Å²) in [5.41, 5.74) is 0.156. The van der Waals surface area contributed by atoms with Gasteiger partial charge in [-0.2, -0.15) is 0 Å². The van der Waals surface area contributed by atoms with Gasteiger partial charge >= 0.3 is 0 Å². The highest BCUT2D eigenvalue weighted by Crippen LogP contribution is 2.21. The zero-order valence-corrected chi connectivity index (χ0v) is 9.66. The average Bonchev–Trinajstić information content (AvgIpc) is 2.19. The molecule has 1 aliphatic carbocycles. The van der Waals surface area contributed by atoms with E-state index in [0.717, 1.165) is 18.3 Å². The second kappa shape index (κ2) is 5.21. The van der Waals surface area contributed by atoms with E-state index in [0.29, 0.717) is 0 Å². The van der Waals surface area contributed by atoms with E-state index < -0.39 is 0 Å². The van der Waals surface area contributed by atoms with Crippen LogP contribution in [0.3, 0.4) is 0 Å². The average molecular weight is 204 g/mol. The van der Waals surface area contributed by atoms with E-state index in [1.54, 1.807) is 0 Å². The van der Waals surface area contributed by atoms with Gasteiger partial charge in [-0.15, -0.1) is 11.6 Å². The molecular formula is C11H22ClN. The number of rotatable bonds is 4. The molecule has 2 heteroatoms. The summed E-state index contributed by atoms with van der Waals surface area (Å²) < 4.78 is 0. The van der Waals surface area contributed by atoms with Crippen molar-refractivity contribution in [1.29, 1.82) is 0 Å². The molecule has 1 unspecified atom stereocenters. The number of hydrogen-bond acceptors (Lipinski definition) is 1. The Kier molecular flexibility index (Phi) is 4.54. The first-order valence-electron chi connectivity index (χ1n) is 5.54. The molecule has 1 aliphatic rings. The molecule has 1 N–H and O–H groups in total. The van der Waals surface area contributed by atoms with Gasteiger partial charge in [-0.05, 0) is 26.2 Å².